The topological polar surface area (TPSA) is 70.3 Å². The van der Waals surface area contributed by atoms with Gasteiger partial charge in [-0.05, 0) is 30.0 Å². The first-order chi connectivity index (χ1) is 9.91. The number of hydrogen-bond donors (Lipinski definition) is 1. The van der Waals surface area contributed by atoms with Crippen LogP contribution in [0.1, 0.15) is 33.3 Å². The molecule has 1 aromatic carbocycles. The van der Waals surface area contributed by atoms with E-state index in [0.717, 1.165) is 0 Å². The van der Waals surface area contributed by atoms with Gasteiger partial charge >= 0.3 is 0 Å². The largest absolute Gasteiger partial charge is 0.476 e. The Morgan fingerprint density at radius 3 is 2.24 bits per heavy atom. The molecule has 0 aliphatic rings. The Kier molecular flexibility index (Phi) is 4.31. The highest BCUT2D eigenvalue weighted by Crippen LogP contribution is 2.31. The van der Waals surface area contributed by atoms with Crippen molar-refractivity contribution in [3.8, 4) is 17.5 Å². The Labute approximate surface area is 125 Å². The van der Waals surface area contributed by atoms with Gasteiger partial charge in [0.15, 0.2) is 5.69 Å². The van der Waals surface area contributed by atoms with Gasteiger partial charge in [0.1, 0.15) is 12.1 Å². The molecule has 0 saturated carbocycles. The van der Waals surface area contributed by atoms with Crippen molar-refractivity contribution in [2.24, 2.45) is 0 Å². The van der Waals surface area contributed by atoms with Crippen LogP contribution in [0.5, 0.6) is 17.5 Å². The summed E-state index contributed by atoms with van der Waals surface area (Å²) in [6.45, 7) is 8.85. The minimum atomic E-state index is 0.106. The van der Waals surface area contributed by atoms with Gasteiger partial charge < -0.3 is 15.2 Å². The molecular formula is C16H21N3O2. The maximum absolute atomic E-state index is 5.94. The Balaban J connectivity index is 2.20. The molecular weight excluding hydrogens is 266 g/mol. The highest BCUT2D eigenvalue weighted by Gasteiger charge is 2.14. The van der Waals surface area contributed by atoms with Gasteiger partial charge in [-0.1, -0.05) is 32.9 Å². The molecule has 0 radical (unpaired) electrons. The van der Waals surface area contributed by atoms with E-state index in [2.05, 4.69) is 30.7 Å². The second-order valence-electron chi connectivity index (χ2n) is 5.71. The molecule has 2 aromatic rings. The van der Waals surface area contributed by atoms with Gasteiger partial charge in [0.05, 0.1) is 6.61 Å². The fourth-order valence-electron chi connectivity index (χ4n) is 1.83. The van der Waals surface area contributed by atoms with Crippen molar-refractivity contribution in [2.75, 3.05) is 12.3 Å². The van der Waals surface area contributed by atoms with Crippen LogP contribution in [0.2, 0.25) is 0 Å². The fourth-order valence-corrected chi connectivity index (χ4v) is 1.83. The number of aromatic nitrogens is 2. The lowest BCUT2D eigenvalue weighted by Gasteiger charge is -2.19. The van der Waals surface area contributed by atoms with Crippen molar-refractivity contribution in [3.63, 3.8) is 0 Å². The molecule has 5 nitrogen and oxygen atoms in total. The van der Waals surface area contributed by atoms with Crippen LogP contribution in [0.25, 0.3) is 0 Å². The van der Waals surface area contributed by atoms with Crippen LogP contribution in [-0.4, -0.2) is 16.6 Å². The predicted octanol–water partition coefficient (Wildman–Crippen LogP) is 3.55. The Morgan fingerprint density at radius 2 is 1.67 bits per heavy atom. The Bertz CT molecular complexity index is 604. The van der Waals surface area contributed by atoms with Gasteiger partial charge in [-0.15, -0.1) is 0 Å². The summed E-state index contributed by atoms with van der Waals surface area (Å²) >= 11 is 0. The number of anilines is 1. The summed E-state index contributed by atoms with van der Waals surface area (Å²) in [5.74, 6) is 1.32. The van der Waals surface area contributed by atoms with Crippen LogP contribution in [0.15, 0.2) is 30.6 Å². The molecule has 21 heavy (non-hydrogen) atoms. The standard InChI is InChI=1S/C16H21N3O2/c1-5-20-14-13(17)15(19-10-18-14)21-12-8-6-11(7-9-12)16(2,3)4/h6-10H,5,17H2,1-4H3. The number of rotatable bonds is 4. The molecule has 5 heteroatoms. The molecule has 0 aliphatic carbocycles. The maximum Gasteiger partial charge on any atom is 0.249 e. The van der Waals surface area contributed by atoms with Gasteiger partial charge in [0.2, 0.25) is 11.8 Å². The molecule has 112 valence electrons. The van der Waals surface area contributed by atoms with Gasteiger partial charge in [-0.3, -0.25) is 0 Å². The predicted molar refractivity (Wildman–Crippen MR) is 82.8 cm³/mol. The highest BCUT2D eigenvalue weighted by molar-refractivity contribution is 5.56. The average molecular weight is 287 g/mol. The van der Waals surface area contributed by atoms with E-state index in [1.165, 1.54) is 11.9 Å². The number of nitrogens with zero attached hydrogens (tertiary/aromatic N) is 2. The molecule has 0 spiro atoms. The summed E-state index contributed by atoms with van der Waals surface area (Å²) in [5.41, 5.74) is 7.59. The smallest absolute Gasteiger partial charge is 0.249 e. The normalized spacial score (nSPS) is 11.2. The van der Waals surface area contributed by atoms with Crippen LogP contribution in [0.3, 0.4) is 0 Å². The van der Waals surface area contributed by atoms with Gasteiger partial charge in [0.25, 0.3) is 0 Å². The number of hydrogen-bond acceptors (Lipinski definition) is 5. The summed E-state index contributed by atoms with van der Waals surface area (Å²) in [6, 6.07) is 7.89. The van der Waals surface area contributed by atoms with Crippen molar-refractivity contribution in [3.05, 3.63) is 36.2 Å². The highest BCUT2D eigenvalue weighted by atomic mass is 16.5. The van der Waals surface area contributed by atoms with E-state index in [1.807, 2.05) is 31.2 Å². The quantitative estimate of drug-likeness (QED) is 0.931. The lowest BCUT2D eigenvalue weighted by atomic mass is 9.87. The molecule has 2 rings (SSSR count). The number of nitrogen functional groups attached to an aromatic ring is 1. The Hall–Kier alpha value is -2.30. The molecule has 0 amide bonds. The SMILES string of the molecule is CCOc1ncnc(Oc2ccc(C(C)(C)C)cc2)c1N. The molecule has 1 heterocycles. The second kappa shape index (κ2) is 5.99. The van der Waals surface area contributed by atoms with Crippen molar-refractivity contribution in [1.82, 2.24) is 9.97 Å². The van der Waals surface area contributed by atoms with Crippen LogP contribution in [-0.2, 0) is 5.41 Å². The number of nitrogens with two attached hydrogens (primary N) is 1. The van der Waals surface area contributed by atoms with Crippen LogP contribution >= 0.6 is 0 Å². The van der Waals surface area contributed by atoms with Gasteiger partial charge in [0, 0.05) is 0 Å². The molecule has 0 bridgehead atoms. The summed E-state index contributed by atoms with van der Waals surface area (Å²) < 4.78 is 11.0. The lowest BCUT2D eigenvalue weighted by Crippen LogP contribution is -2.10. The van der Waals surface area contributed by atoms with Crippen molar-refractivity contribution in [1.29, 1.82) is 0 Å². The van der Waals surface area contributed by atoms with E-state index in [0.29, 0.717) is 29.8 Å². The van der Waals surface area contributed by atoms with Gasteiger partial charge in [-0.2, -0.15) is 9.97 Å². The molecule has 0 aliphatic heterocycles. The first-order valence-corrected chi connectivity index (χ1v) is 6.93. The zero-order valence-electron chi connectivity index (χ0n) is 12.9. The summed E-state index contributed by atoms with van der Waals surface area (Å²) in [7, 11) is 0. The molecule has 0 unspecified atom stereocenters. The third-order valence-corrected chi connectivity index (χ3v) is 3.03. The molecule has 0 atom stereocenters. The third-order valence-electron chi connectivity index (χ3n) is 3.03. The van der Waals surface area contributed by atoms with E-state index in [-0.39, 0.29) is 5.41 Å². The zero-order chi connectivity index (χ0) is 15.5. The van der Waals surface area contributed by atoms with E-state index < -0.39 is 0 Å². The lowest BCUT2D eigenvalue weighted by molar-refractivity contribution is 0.325. The molecule has 0 fully saturated rings. The number of ether oxygens (including phenoxy) is 2. The molecule has 0 saturated heterocycles. The zero-order valence-corrected chi connectivity index (χ0v) is 12.9. The minimum absolute atomic E-state index is 0.106. The first-order valence-electron chi connectivity index (χ1n) is 6.93. The van der Waals surface area contributed by atoms with Crippen molar-refractivity contribution >= 4 is 5.69 Å². The van der Waals surface area contributed by atoms with Crippen LogP contribution in [0.4, 0.5) is 5.69 Å². The minimum Gasteiger partial charge on any atom is -0.476 e. The van der Waals surface area contributed by atoms with E-state index in [1.54, 1.807) is 0 Å². The van der Waals surface area contributed by atoms with E-state index in [9.17, 15) is 0 Å². The number of benzene rings is 1. The summed E-state index contributed by atoms with van der Waals surface area (Å²) in [6.07, 6.45) is 1.38. The van der Waals surface area contributed by atoms with Gasteiger partial charge in [-0.25, -0.2) is 0 Å². The van der Waals surface area contributed by atoms with Crippen LogP contribution < -0.4 is 15.2 Å². The van der Waals surface area contributed by atoms with Crippen LogP contribution in [0, 0.1) is 0 Å². The second-order valence-corrected chi connectivity index (χ2v) is 5.71. The average Bonchev–Trinajstić information content (AvgIpc) is 2.43. The van der Waals surface area contributed by atoms with Crippen molar-refractivity contribution < 1.29 is 9.47 Å². The Morgan fingerprint density at radius 1 is 1.05 bits per heavy atom. The summed E-state index contributed by atoms with van der Waals surface area (Å²) in [4.78, 5) is 8.03. The third kappa shape index (κ3) is 3.62. The monoisotopic (exact) mass is 287 g/mol. The molecule has 1 aromatic heterocycles. The van der Waals surface area contributed by atoms with Crippen molar-refractivity contribution in [2.45, 2.75) is 33.1 Å². The summed E-state index contributed by atoms with van der Waals surface area (Å²) in [5, 5.41) is 0. The first kappa shape index (κ1) is 15.1. The maximum atomic E-state index is 5.94. The van der Waals surface area contributed by atoms with E-state index in [4.69, 9.17) is 15.2 Å². The van der Waals surface area contributed by atoms with E-state index >= 15 is 0 Å². The molecule has 2 N–H and O–H groups in total. The fraction of sp³-hybridized carbons (Fsp3) is 0.375.